The van der Waals surface area contributed by atoms with Crippen LogP contribution < -0.4 is 5.32 Å². The Kier molecular flexibility index (Phi) is 4.72. The Bertz CT molecular complexity index is 902. The predicted molar refractivity (Wildman–Crippen MR) is 101 cm³/mol. The standard InChI is InChI=1S/C21H18N2OS/c1-3-8-16(9-4-1)18-14-22-20(24-18)15-23-21(19-12-7-13-25-19)17-10-5-2-6-11-17/h1-14,21,23H,15H2/t21-/m0/s1. The van der Waals surface area contributed by atoms with Gasteiger partial charge < -0.3 is 4.42 Å². The monoisotopic (exact) mass is 346 g/mol. The van der Waals surface area contributed by atoms with E-state index in [0.29, 0.717) is 12.4 Å². The van der Waals surface area contributed by atoms with Crippen LogP contribution in [0, 0.1) is 0 Å². The quantitative estimate of drug-likeness (QED) is 0.516. The lowest BCUT2D eigenvalue weighted by atomic mass is 10.1. The molecule has 0 aliphatic rings. The largest absolute Gasteiger partial charge is 0.439 e. The Morgan fingerprint density at radius 1 is 0.920 bits per heavy atom. The van der Waals surface area contributed by atoms with E-state index < -0.39 is 0 Å². The van der Waals surface area contributed by atoms with Crippen molar-refractivity contribution in [2.75, 3.05) is 0 Å². The van der Waals surface area contributed by atoms with Crippen molar-refractivity contribution in [2.24, 2.45) is 0 Å². The summed E-state index contributed by atoms with van der Waals surface area (Å²) in [5, 5.41) is 5.68. The van der Waals surface area contributed by atoms with Gasteiger partial charge in [-0.25, -0.2) is 4.98 Å². The molecule has 25 heavy (non-hydrogen) atoms. The molecular weight excluding hydrogens is 328 g/mol. The van der Waals surface area contributed by atoms with Gasteiger partial charge in [0.2, 0.25) is 5.89 Å². The fraction of sp³-hybridized carbons (Fsp3) is 0.0952. The van der Waals surface area contributed by atoms with Crippen molar-refractivity contribution in [3.63, 3.8) is 0 Å². The Hall–Kier alpha value is -2.69. The van der Waals surface area contributed by atoms with E-state index in [1.165, 1.54) is 10.4 Å². The lowest BCUT2D eigenvalue weighted by Crippen LogP contribution is -2.21. The molecule has 3 nitrogen and oxygen atoms in total. The average molecular weight is 346 g/mol. The van der Waals surface area contributed by atoms with Crippen LogP contribution in [0.4, 0.5) is 0 Å². The number of rotatable bonds is 6. The normalized spacial score (nSPS) is 12.2. The van der Waals surface area contributed by atoms with Crippen molar-refractivity contribution in [3.8, 4) is 11.3 Å². The van der Waals surface area contributed by atoms with Crippen LogP contribution in [-0.2, 0) is 6.54 Å². The van der Waals surface area contributed by atoms with Crippen LogP contribution in [-0.4, -0.2) is 4.98 Å². The van der Waals surface area contributed by atoms with Gasteiger partial charge >= 0.3 is 0 Å². The molecule has 124 valence electrons. The number of nitrogens with one attached hydrogen (secondary N) is 1. The maximum absolute atomic E-state index is 5.90. The summed E-state index contributed by atoms with van der Waals surface area (Å²) < 4.78 is 5.90. The third-order valence-electron chi connectivity index (χ3n) is 4.03. The highest BCUT2D eigenvalue weighted by Crippen LogP contribution is 2.27. The molecule has 0 fully saturated rings. The van der Waals surface area contributed by atoms with Gasteiger partial charge in [0.05, 0.1) is 18.8 Å². The van der Waals surface area contributed by atoms with Crippen molar-refractivity contribution in [2.45, 2.75) is 12.6 Å². The van der Waals surface area contributed by atoms with Gasteiger partial charge in [-0.15, -0.1) is 11.3 Å². The van der Waals surface area contributed by atoms with Crippen LogP contribution in [0.15, 0.2) is 88.8 Å². The van der Waals surface area contributed by atoms with Crippen LogP contribution in [0.2, 0.25) is 0 Å². The van der Waals surface area contributed by atoms with Crippen molar-refractivity contribution < 1.29 is 4.42 Å². The highest BCUT2D eigenvalue weighted by atomic mass is 32.1. The zero-order valence-electron chi connectivity index (χ0n) is 13.6. The van der Waals surface area contributed by atoms with E-state index in [1.807, 2.05) is 36.4 Å². The molecule has 4 rings (SSSR count). The summed E-state index contributed by atoms with van der Waals surface area (Å²) >= 11 is 1.75. The average Bonchev–Trinajstić information content (AvgIpc) is 3.36. The molecule has 0 aliphatic carbocycles. The lowest BCUT2D eigenvalue weighted by molar-refractivity contribution is 0.464. The molecule has 1 atom stereocenters. The van der Waals surface area contributed by atoms with Crippen LogP contribution in [0.1, 0.15) is 22.4 Å². The highest BCUT2D eigenvalue weighted by molar-refractivity contribution is 7.10. The summed E-state index contributed by atoms with van der Waals surface area (Å²) in [5.41, 5.74) is 2.28. The van der Waals surface area contributed by atoms with E-state index in [9.17, 15) is 0 Å². The number of hydrogen-bond donors (Lipinski definition) is 1. The van der Waals surface area contributed by atoms with Crippen molar-refractivity contribution in [1.82, 2.24) is 10.3 Å². The number of oxazole rings is 1. The van der Waals surface area contributed by atoms with E-state index >= 15 is 0 Å². The minimum Gasteiger partial charge on any atom is -0.439 e. The van der Waals surface area contributed by atoms with Gasteiger partial charge in [0.25, 0.3) is 0 Å². The highest BCUT2D eigenvalue weighted by Gasteiger charge is 2.16. The first-order valence-corrected chi connectivity index (χ1v) is 9.10. The van der Waals surface area contributed by atoms with Gasteiger partial charge in [0.15, 0.2) is 5.76 Å². The molecule has 0 saturated heterocycles. The Morgan fingerprint density at radius 2 is 1.68 bits per heavy atom. The number of nitrogens with zero attached hydrogens (tertiary/aromatic N) is 1. The van der Waals surface area contributed by atoms with E-state index in [-0.39, 0.29) is 6.04 Å². The smallest absolute Gasteiger partial charge is 0.208 e. The van der Waals surface area contributed by atoms with E-state index in [2.05, 4.69) is 52.1 Å². The van der Waals surface area contributed by atoms with Gasteiger partial charge in [0, 0.05) is 10.4 Å². The Balaban J connectivity index is 1.51. The number of aromatic nitrogens is 1. The third kappa shape index (κ3) is 3.71. The Morgan fingerprint density at radius 3 is 2.40 bits per heavy atom. The van der Waals surface area contributed by atoms with E-state index in [0.717, 1.165) is 11.3 Å². The minimum absolute atomic E-state index is 0.133. The van der Waals surface area contributed by atoms with Crippen molar-refractivity contribution in [1.29, 1.82) is 0 Å². The van der Waals surface area contributed by atoms with E-state index in [4.69, 9.17) is 4.42 Å². The number of hydrogen-bond acceptors (Lipinski definition) is 4. The molecule has 0 aliphatic heterocycles. The molecule has 4 heteroatoms. The molecule has 2 aromatic carbocycles. The summed E-state index contributed by atoms with van der Waals surface area (Å²) in [6.07, 6.45) is 1.79. The predicted octanol–water partition coefficient (Wildman–Crippen LogP) is 5.28. The first-order chi connectivity index (χ1) is 12.4. The topological polar surface area (TPSA) is 38.1 Å². The molecule has 1 N–H and O–H groups in total. The molecule has 2 aromatic heterocycles. The molecule has 0 saturated carbocycles. The second-order valence-electron chi connectivity index (χ2n) is 5.72. The van der Waals surface area contributed by atoms with Crippen molar-refractivity contribution in [3.05, 3.63) is 101 Å². The summed E-state index contributed by atoms with van der Waals surface area (Å²) in [7, 11) is 0. The first kappa shape index (κ1) is 15.8. The molecule has 4 aromatic rings. The SMILES string of the molecule is c1ccc(-c2cnc(CN[C@@H](c3ccccc3)c3cccs3)o2)cc1. The van der Waals surface area contributed by atoms with Crippen LogP contribution in [0.3, 0.4) is 0 Å². The van der Waals surface area contributed by atoms with Gasteiger partial charge in [-0.3, -0.25) is 5.32 Å². The number of thiophene rings is 1. The fourth-order valence-corrected chi connectivity index (χ4v) is 3.63. The molecule has 0 radical (unpaired) electrons. The summed E-state index contributed by atoms with van der Waals surface area (Å²) in [6.45, 7) is 0.574. The zero-order chi connectivity index (χ0) is 16.9. The van der Waals surface area contributed by atoms with E-state index in [1.54, 1.807) is 17.5 Å². The molecule has 2 heterocycles. The Labute approximate surface area is 151 Å². The zero-order valence-corrected chi connectivity index (χ0v) is 14.4. The van der Waals surface area contributed by atoms with Gasteiger partial charge in [-0.05, 0) is 17.0 Å². The van der Waals surface area contributed by atoms with Crippen LogP contribution >= 0.6 is 11.3 Å². The maximum Gasteiger partial charge on any atom is 0.208 e. The maximum atomic E-state index is 5.90. The van der Waals surface area contributed by atoms with Crippen LogP contribution in [0.25, 0.3) is 11.3 Å². The first-order valence-electron chi connectivity index (χ1n) is 8.22. The molecule has 0 unspecified atom stereocenters. The summed E-state index contributed by atoms with van der Waals surface area (Å²) in [4.78, 5) is 5.69. The third-order valence-corrected chi connectivity index (χ3v) is 4.97. The fourth-order valence-electron chi connectivity index (χ4n) is 2.80. The van der Waals surface area contributed by atoms with Crippen LogP contribution in [0.5, 0.6) is 0 Å². The second-order valence-corrected chi connectivity index (χ2v) is 6.70. The second kappa shape index (κ2) is 7.47. The minimum atomic E-state index is 0.133. The van der Waals surface area contributed by atoms with Gasteiger partial charge in [-0.2, -0.15) is 0 Å². The molecule has 0 spiro atoms. The lowest BCUT2D eigenvalue weighted by Gasteiger charge is -2.17. The number of benzene rings is 2. The molecule has 0 amide bonds. The van der Waals surface area contributed by atoms with Gasteiger partial charge in [0.1, 0.15) is 0 Å². The van der Waals surface area contributed by atoms with Gasteiger partial charge in [-0.1, -0.05) is 66.7 Å². The summed E-state index contributed by atoms with van der Waals surface area (Å²) in [5.74, 6) is 1.49. The molecule has 0 bridgehead atoms. The van der Waals surface area contributed by atoms with Crippen molar-refractivity contribution >= 4 is 11.3 Å². The summed E-state index contributed by atoms with van der Waals surface area (Å²) in [6, 6.07) is 24.9. The molecular formula is C21H18N2OS.